The summed E-state index contributed by atoms with van der Waals surface area (Å²) in [6, 6.07) is 12.8. The van der Waals surface area contributed by atoms with Gasteiger partial charge in [-0.1, -0.05) is 19.1 Å². The number of hydrogen-bond acceptors (Lipinski definition) is 1. The molecule has 0 aliphatic rings. The molecule has 2 nitrogen and oxygen atoms in total. The van der Waals surface area contributed by atoms with Gasteiger partial charge in [0.15, 0.2) is 12.7 Å². The number of hydrogen-bond donors (Lipinski definition) is 1. The first-order chi connectivity index (χ1) is 7.81. The van der Waals surface area contributed by atoms with Gasteiger partial charge in [0.25, 0.3) is 0 Å². The molecule has 1 heterocycles. The van der Waals surface area contributed by atoms with Crippen LogP contribution in [0, 0.1) is 5.92 Å². The van der Waals surface area contributed by atoms with Crippen LogP contribution in [0.5, 0.6) is 0 Å². The van der Waals surface area contributed by atoms with E-state index in [9.17, 15) is 0 Å². The van der Waals surface area contributed by atoms with E-state index in [1.807, 2.05) is 0 Å². The lowest BCUT2D eigenvalue weighted by Gasteiger charge is -2.07. The molecule has 0 saturated heterocycles. The molecule has 16 heavy (non-hydrogen) atoms. The molecule has 0 aliphatic carbocycles. The van der Waals surface area contributed by atoms with Crippen LogP contribution < -0.4 is 10.3 Å². The van der Waals surface area contributed by atoms with Crippen molar-refractivity contribution in [2.24, 2.45) is 11.7 Å². The minimum absolute atomic E-state index is 0.626. The van der Waals surface area contributed by atoms with Crippen molar-refractivity contribution in [1.29, 1.82) is 0 Å². The number of rotatable bonds is 4. The summed E-state index contributed by atoms with van der Waals surface area (Å²) in [7, 11) is 0. The van der Waals surface area contributed by atoms with E-state index in [2.05, 4.69) is 54.1 Å². The van der Waals surface area contributed by atoms with Gasteiger partial charge < -0.3 is 5.73 Å². The largest absolute Gasteiger partial charge is 0.330 e. The molecule has 0 fully saturated rings. The highest BCUT2D eigenvalue weighted by Crippen LogP contribution is 2.09. The van der Waals surface area contributed by atoms with Crippen molar-refractivity contribution in [1.82, 2.24) is 0 Å². The molecule has 2 N–H and O–H groups in total. The molecule has 2 heteroatoms. The van der Waals surface area contributed by atoms with Crippen LogP contribution in [0.15, 0.2) is 42.6 Å². The summed E-state index contributed by atoms with van der Waals surface area (Å²) in [5, 5.41) is 1.30. The lowest BCUT2D eigenvalue weighted by atomic mass is 10.1. The van der Waals surface area contributed by atoms with E-state index in [0.717, 1.165) is 19.5 Å². The second-order valence-electron chi connectivity index (χ2n) is 4.40. The molecule has 1 aromatic heterocycles. The van der Waals surface area contributed by atoms with E-state index in [1.165, 1.54) is 10.9 Å². The van der Waals surface area contributed by atoms with Gasteiger partial charge in [-0.15, -0.1) is 0 Å². The molecular weight excluding hydrogens is 196 g/mol. The second kappa shape index (κ2) is 5.08. The van der Waals surface area contributed by atoms with E-state index in [1.54, 1.807) is 0 Å². The first kappa shape index (κ1) is 11.1. The van der Waals surface area contributed by atoms with Crippen molar-refractivity contribution in [3.63, 3.8) is 0 Å². The highest BCUT2D eigenvalue weighted by Gasteiger charge is 2.11. The second-order valence-corrected chi connectivity index (χ2v) is 4.40. The van der Waals surface area contributed by atoms with Crippen LogP contribution in [0.25, 0.3) is 10.9 Å². The van der Waals surface area contributed by atoms with Gasteiger partial charge in [-0.2, -0.15) is 4.57 Å². The van der Waals surface area contributed by atoms with Crippen molar-refractivity contribution < 1.29 is 4.57 Å². The normalized spacial score (nSPS) is 12.9. The van der Waals surface area contributed by atoms with Crippen LogP contribution in [0.1, 0.15) is 13.3 Å². The first-order valence-corrected chi connectivity index (χ1v) is 5.88. The molecular formula is C14H19N2+. The third kappa shape index (κ3) is 2.39. The SMILES string of the molecule is CC(CCN)C[n+]1cccc2ccccc21. The predicted molar refractivity (Wildman–Crippen MR) is 67.0 cm³/mol. The van der Waals surface area contributed by atoms with Crippen LogP contribution in [-0.4, -0.2) is 6.54 Å². The maximum Gasteiger partial charge on any atom is 0.212 e. The van der Waals surface area contributed by atoms with Crippen LogP contribution >= 0.6 is 0 Å². The average Bonchev–Trinajstić information content (AvgIpc) is 2.30. The minimum atomic E-state index is 0.626. The fraction of sp³-hybridized carbons (Fsp3) is 0.357. The molecule has 84 valence electrons. The molecule has 2 rings (SSSR count). The molecule has 0 aliphatic heterocycles. The highest BCUT2D eigenvalue weighted by molar-refractivity contribution is 5.74. The number of pyridine rings is 1. The molecule has 0 saturated carbocycles. The summed E-state index contributed by atoms with van der Waals surface area (Å²) in [5.74, 6) is 0.626. The fourth-order valence-electron chi connectivity index (χ4n) is 2.09. The van der Waals surface area contributed by atoms with Gasteiger partial charge in [0.05, 0.1) is 0 Å². The van der Waals surface area contributed by atoms with E-state index < -0.39 is 0 Å². The Kier molecular flexibility index (Phi) is 3.52. The zero-order valence-corrected chi connectivity index (χ0v) is 9.76. The summed E-state index contributed by atoms with van der Waals surface area (Å²) in [5.41, 5.74) is 6.89. The van der Waals surface area contributed by atoms with Crippen LogP contribution in [0.3, 0.4) is 0 Å². The minimum Gasteiger partial charge on any atom is -0.330 e. The smallest absolute Gasteiger partial charge is 0.212 e. The lowest BCUT2D eigenvalue weighted by molar-refractivity contribution is -0.677. The Morgan fingerprint density at radius 1 is 1.19 bits per heavy atom. The van der Waals surface area contributed by atoms with Crippen molar-refractivity contribution in [2.45, 2.75) is 19.9 Å². The average molecular weight is 215 g/mol. The summed E-state index contributed by atoms with van der Waals surface area (Å²) in [4.78, 5) is 0. The van der Waals surface area contributed by atoms with E-state index in [0.29, 0.717) is 5.92 Å². The van der Waals surface area contributed by atoms with E-state index >= 15 is 0 Å². The Labute approximate surface area is 96.7 Å². The first-order valence-electron chi connectivity index (χ1n) is 5.88. The fourth-order valence-corrected chi connectivity index (χ4v) is 2.09. The summed E-state index contributed by atoms with van der Waals surface area (Å²) in [6.07, 6.45) is 3.23. The van der Waals surface area contributed by atoms with Crippen LogP contribution in [0.2, 0.25) is 0 Å². The number of aromatic nitrogens is 1. The number of fused-ring (bicyclic) bond motifs is 1. The topological polar surface area (TPSA) is 29.9 Å². The van der Waals surface area contributed by atoms with Gasteiger partial charge in [0.1, 0.15) is 0 Å². The molecule has 2 aromatic rings. The Hall–Kier alpha value is -1.41. The van der Waals surface area contributed by atoms with Crippen LogP contribution in [-0.2, 0) is 6.54 Å². The molecule has 1 unspecified atom stereocenters. The van der Waals surface area contributed by atoms with E-state index in [-0.39, 0.29) is 0 Å². The quantitative estimate of drug-likeness (QED) is 0.778. The zero-order chi connectivity index (χ0) is 11.4. The summed E-state index contributed by atoms with van der Waals surface area (Å²) in [6.45, 7) is 4.06. The predicted octanol–water partition coefficient (Wildman–Crippen LogP) is 2.11. The van der Waals surface area contributed by atoms with Gasteiger partial charge in [-0.25, -0.2) is 0 Å². The Morgan fingerprint density at radius 3 is 2.75 bits per heavy atom. The van der Waals surface area contributed by atoms with Gasteiger partial charge in [0.2, 0.25) is 5.52 Å². The van der Waals surface area contributed by atoms with Crippen LogP contribution in [0.4, 0.5) is 0 Å². The molecule has 0 radical (unpaired) electrons. The standard InChI is InChI=1S/C14H19N2/c1-12(8-9-15)11-16-10-4-6-13-5-2-3-7-14(13)16/h2-7,10,12H,8-9,11,15H2,1H3/q+1. The molecule has 1 atom stereocenters. The summed E-state index contributed by atoms with van der Waals surface area (Å²) < 4.78 is 2.32. The third-order valence-electron chi connectivity index (χ3n) is 2.96. The maximum atomic E-state index is 5.59. The number of para-hydroxylation sites is 1. The Balaban J connectivity index is 2.30. The highest BCUT2D eigenvalue weighted by atomic mass is 14.9. The molecule has 0 amide bonds. The molecule has 0 bridgehead atoms. The zero-order valence-electron chi connectivity index (χ0n) is 9.76. The molecule has 0 spiro atoms. The van der Waals surface area contributed by atoms with Gasteiger partial charge >= 0.3 is 0 Å². The third-order valence-corrected chi connectivity index (χ3v) is 2.96. The Bertz CT molecular complexity index is 460. The number of nitrogens with zero attached hydrogens (tertiary/aromatic N) is 1. The number of benzene rings is 1. The van der Waals surface area contributed by atoms with Gasteiger partial charge in [-0.3, -0.25) is 0 Å². The van der Waals surface area contributed by atoms with Crippen molar-refractivity contribution >= 4 is 10.9 Å². The van der Waals surface area contributed by atoms with Crippen molar-refractivity contribution in [2.75, 3.05) is 6.54 Å². The monoisotopic (exact) mass is 215 g/mol. The Morgan fingerprint density at radius 2 is 1.94 bits per heavy atom. The number of nitrogens with two attached hydrogens (primary N) is 1. The maximum absolute atomic E-state index is 5.59. The van der Waals surface area contributed by atoms with Crippen molar-refractivity contribution in [3.05, 3.63) is 42.6 Å². The van der Waals surface area contributed by atoms with E-state index in [4.69, 9.17) is 5.73 Å². The molecule has 1 aromatic carbocycles. The van der Waals surface area contributed by atoms with Gasteiger partial charge in [-0.05, 0) is 25.1 Å². The van der Waals surface area contributed by atoms with Crippen molar-refractivity contribution in [3.8, 4) is 0 Å². The summed E-state index contributed by atoms with van der Waals surface area (Å²) >= 11 is 0. The lowest BCUT2D eigenvalue weighted by Crippen LogP contribution is -2.37. The van der Waals surface area contributed by atoms with Gasteiger partial charge in [0, 0.05) is 23.4 Å².